The van der Waals surface area contributed by atoms with Crippen molar-refractivity contribution in [1.82, 2.24) is 4.90 Å². The normalized spacial score (nSPS) is 17.5. The molecular weight excluding hydrogens is 598 g/mol. The fourth-order valence-corrected chi connectivity index (χ4v) is 3.55. The summed E-state index contributed by atoms with van der Waals surface area (Å²) in [7, 11) is 0. The molecule has 0 heterocycles. The predicted molar refractivity (Wildman–Crippen MR) is 149 cm³/mol. The lowest BCUT2D eigenvalue weighted by Crippen LogP contribution is -2.53. The monoisotopic (exact) mass is 651 g/mol. The first-order valence-corrected chi connectivity index (χ1v) is 14.4. The Hall–Kier alpha value is -1.17. The molecule has 0 aromatic rings. The minimum atomic E-state index is -1.87. The van der Waals surface area contributed by atoms with Crippen LogP contribution in [0.2, 0.25) is 0 Å². The third kappa shape index (κ3) is 20.8. The van der Waals surface area contributed by atoms with E-state index in [0.29, 0.717) is 46.2 Å². The summed E-state index contributed by atoms with van der Waals surface area (Å²) in [5.74, 6) is -0.361. The number of hydrogen-bond acceptors (Lipinski definition) is 18. The lowest BCUT2D eigenvalue weighted by Gasteiger charge is -2.33. The van der Waals surface area contributed by atoms with Crippen LogP contribution in [0, 0.1) is 0 Å². The first-order chi connectivity index (χ1) is 21.0. The summed E-state index contributed by atoms with van der Waals surface area (Å²) in [4.78, 5) is 11.9. The molecule has 0 saturated heterocycles. The Kier molecular flexibility index (Phi) is 26.3. The molecule has 0 aromatic heterocycles. The van der Waals surface area contributed by atoms with E-state index in [9.17, 15) is 45.6 Å². The lowest BCUT2D eigenvalue weighted by atomic mass is 10.0. The number of hydrogen-bond donors (Lipinski definition) is 10. The summed E-state index contributed by atoms with van der Waals surface area (Å²) >= 11 is 0. The highest BCUT2D eigenvalue weighted by atomic mass is 16.6. The fraction of sp³-hybridized carbons (Fsp3) is 0.962. The average molecular weight is 652 g/mol. The average Bonchev–Trinajstić information content (AvgIpc) is 3.01. The maximum Gasteiger partial charge on any atom is 0.302 e. The van der Waals surface area contributed by atoms with Gasteiger partial charge in [-0.15, -0.1) is 0 Å². The number of carbonyl (C=O) groups excluding carboxylic acids is 1. The number of aliphatic hydroxyl groups is 10. The lowest BCUT2D eigenvalue weighted by molar-refractivity contribution is -0.142. The molecule has 264 valence electrons. The van der Waals surface area contributed by atoms with Crippen molar-refractivity contribution in [2.75, 3.05) is 106 Å². The van der Waals surface area contributed by atoms with E-state index >= 15 is 0 Å². The molecule has 0 amide bonds. The molecule has 0 radical (unpaired) electrons. The SMILES string of the molecule is CC(=O)OCCOCCOCCOCCOCCOCCN(C[C@H](O)[C@@H](O)[C@H](O)[C@H](O)CO)C[C@H](O)[C@@H](O)[C@H](O)[C@H](O)CO. The van der Waals surface area contributed by atoms with Crippen LogP contribution in [0.4, 0.5) is 0 Å². The standard InChI is InChI=1S/C26H53NO17/c1-18(30)44-13-12-43-11-10-42-9-8-41-7-6-40-5-4-39-3-2-27(14-19(31)23(35)25(37)21(33)16-28)15-20(32)24(36)26(38)22(34)17-29/h19-26,28-29,31-38H,2-17H2,1H3/t19-,20-,21+,22+,23+,24+,25+,26+/m0/s1. The van der Waals surface area contributed by atoms with E-state index in [2.05, 4.69) is 0 Å². The topological polar surface area (TPSA) is 278 Å². The number of esters is 1. The van der Waals surface area contributed by atoms with Gasteiger partial charge >= 0.3 is 5.97 Å². The number of ether oxygens (including phenoxy) is 6. The van der Waals surface area contributed by atoms with Gasteiger partial charge in [-0.2, -0.15) is 0 Å². The van der Waals surface area contributed by atoms with E-state index in [1.807, 2.05) is 0 Å². The van der Waals surface area contributed by atoms with Crippen molar-refractivity contribution < 1.29 is 84.3 Å². The summed E-state index contributed by atoms with van der Waals surface area (Å²) < 4.78 is 31.5. The van der Waals surface area contributed by atoms with Crippen molar-refractivity contribution >= 4 is 5.97 Å². The van der Waals surface area contributed by atoms with Gasteiger partial charge in [0.1, 0.15) is 43.2 Å². The Morgan fingerprint density at radius 1 is 0.500 bits per heavy atom. The van der Waals surface area contributed by atoms with Gasteiger partial charge in [0.2, 0.25) is 0 Å². The molecule has 0 aliphatic heterocycles. The van der Waals surface area contributed by atoms with Gasteiger partial charge in [-0.3, -0.25) is 9.69 Å². The predicted octanol–water partition coefficient (Wildman–Crippen LogP) is -6.19. The Morgan fingerprint density at radius 2 is 0.795 bits per heavy atom. The van der Waals surface area contributed by atoms with Gasteiger partial charge in [0.15, 0.2) is 0 Å². The second kappa shape index (κ2) is 27.0. The van der Waals surface area contributed by atoms with Gasteiger partial charge in [0, 0.05) is 26.6 Å². The summed E-state index contributed by atoms with van der Waals surface area (Å²) in [5, 5.41) is 97.6. The summed E-state index contributed by atoms with van der Waals surface area (Å²) in [6, 6.07) is 0. The summed E-state index contributed by atoms with van der Waals surface area (Å²) in [6.07, 6.45) is -14.2. The molecule has 0 aliphatic carbocycles. The molecule has 10 N–H and O–H groups in total. The van der Waals surface area contributed by atoms with Crippen LogP contribution in [-0.4, -0.2) is 216 Å². The Labute approximate surface area is 256 Å². The third-order valence-electron chi connectivity index (χ3n) is 6.11. The highest BCUT2D eigenvalue weighted by Gasteiger charge is 2.34. The van der Waals surface area contributed by atoms with Crippen molar-refractivity contribution in [3.05, 3.63) is 0 Å². The van der Waals surface area contributed by atoms with Crippen LogP contribution in [0.3, 0.4) is 0 Å². The molecular formula is C26H53NO17. The van der Waals surface area contributed by atoms with Crippen molar-refractivity contribution in [3.63, 3.8) is 0 Å². The highest BCUT2D eigenvalue weighted by molar-refractivity contribution is 5.65. The zero-order valence-corrected chi connectivity index (χ0v) is 25.2. The second-order valence-electron chi connectivity index (χ2n) is 9.76. The minimum Gasteiger partial charge on any atom is -0.463 e. The fourth-order valence-electron chi connectivity index (χ4n) is 3.55. The number of carbonyl (C=O) groups is 1. The first-order valence-electron chi connectivity index (χ1n) is 14.4. The van der Waals surface area contributed by atoms with E-state index in [1.165, 1.54) is 11.8 Å². The molecule has 0 rings (SSSR count). The van der Waals surface area contributed by atoms with E-state index in [4.69, 9.17) is 38.6 Å². The van der Waals surface area contributed by atoms with Crippen molar-refractivity contribution in [3.8, 4) is 0 Å². The molecule has 0 aromatic carbocycles. The maximum absolute atomic E-state index is 10.6. The molecule has 0 aliphatic rings. The van der Waals surface area contributed by atoms with Crippen LogP contribution < -0.4 is 0 Å². The van der Waals surface area contributed by atoms with Crippen LogP contribution >= 0.6 is 0 Å². The molecule has 0 fully saturated rings. The molecule has 18 heteroatoms. The first kappa shape index (κ1) is 42.8. The summed E-state index contributed by atoms with van der Waals surface area (Å²) in [6.45, 7) is 1.88. The molecule has 44 heavy (non-hydrogen) atoms. The molecule has 0 spiro atoms. The van der Waals surface area contributed by atoms with Gasteiger partial charge in [-0.05, 0) is 0 Å². The van der Waals surface area contributed by atoms with Crippen LogP contribution in [0.25, 0.3) is 0 Å². The number of nitrogens with zero attached hydrogens (tertiary/aromatic N) is 1. The largest absolute Gasteiger partial charge is 0.463 e. The highest BCUT2D eigenvalue weighted by Crippen LogP contribution is 2.11. The second-order valence-corrected chi connectivity index (χ2v) is 9.76. The van der Waals surface area contributed by atoms with Crippen LogP contribution in [0.1, 0.15) is 6.92 Å². The van der Waals surface area contributed by atoms with Gasteiger partial charge < -0.3 is 79.5 Å². The maximum atomic E-state index is 10.6. The smallest absolute Gasteiger partial charge is 0.302 e. The zero-order chi connectivity index (χ0) is 33.3. The third-order valence-corrected chi connectivity index (χ3v) is 6.11. The van der Waals surface area contributed by atoms with E-state index in [1.54, 1.807) is 0 Å². The molecule has 8 atom stereocenters. The Balaban J connectivity index is 4.31. The van der Waals surface area contributed by atoms with Gasteiger partial charge in [0.05, 0.1) is 91.5 Å². The van der Waals surface area contributed by atoms with E-state index in [-0.39, 0.29) is 52.0 Å². The molecule has 18 nitrogen and oxygen atoms in total. The zero-order valence-electron chi connectivity index (χ0n) is 25.2. The van der Waals surface area contributed by atoms with E-state index in [0.717, 1.165) is 0 Å². The van der Waals surface area contributed by atoms with Gasteiger partial charge in [-0.25, -0.2) is 0 Å². The molecule has 0 unspecified atom stereocenters. The Morgan fingerprint density at radius 3 is 1.11 bits per heavy atom. The van der Waals surface area contributed by atoms with E-state index < -0.39 is 62.0 Å². The van der Waals surface area contributed by atoms with Gasteiger partial charge in [0.25, 0.3) is 0 Å². The number of aliphatic hydroxyl groups excluding tert-OH is 10. The van der Waals surface area contributed by atoms with Crippen molar-refractivity contribution in [2.24, 2.45) is 0 Å². The number of rotatable bonds is 30. The molecule has 0 bridgehead atoms. The van der Waals surface area contributed by atoms with Crippen LogP contribution in [-0.2, 0) is 33.2 Å². The Bertz CT molecular complexity index is 650. The van der Waals surface area contributed by atoms with Gasteiger partial charge in [-0.1, -0.05) is 0 Å². The van der Waals surface area contributed by atoms with Crippen molar-refractivity contribution in [2.45, 2.75) is 55.8 Å². The minimum absolute atomic E-state index is 0.0329. The quantitative estimate of drug-likeness (QED) is 0.0255. The molecule has 0 saturated carbocycles. The van der Waals surface area contributed by atoms with Crippen LogP contribution in [0.15, 0.2) is 0 Å². The van der Waals surface area contributed by atoms with Crippen LogP contribution in [0.5, 0.6) is 0 Å². The summed E-state index contributed by atoms with van der Waals surface area (Å²) in [5.41, 5.74) is 0. The van der Waals surface area contributed by atoms with Crippen molar-refractivity contribution in [1.29, 1.82) is 0 Å².